The van der Waals surface area contributed by atoms with E-state index < -0.39 is 0 Å². The Hall–Kier alpha value is -0.800. The van der Waals surface area contributed by atoms with E-state index in [2.05, 4.69) is 63.0 Å². The number of benzene rings is 2. The van der Waals surface area contributed by atoms with E-state index in [0.717, 1.165) is 22.8 Å². The Balaban J connectivity index is 2.06. The molecule has 1 nitrogen and oxygen atoms in total. The molecule has 0 aromatic heterocycles. The molecule has 2 aromatic rings. The van der Waals surface area contributed by atoms with Gasteiger partial charge < -0.3 is 4.74 Å². The average Bonchev–Trinajstić information content (AvgIpc) is 2.54. The third-order valence-electron chi connectivity index (χ3n) is 3.77. The molecule has 0 fully saturated rings. The van der Waals surface area contributed by atoms with Gasteiger partial charge >= 0.3 is 0 Å². The van der Waals surface area contributed by atoms with Gasteiger partial charge in [-0.3, -0.25) is 0 Å². The first-order valence-electron chi connectivity index (χ1n) is 7.07. The summed E-state index contributed by atoms with van der Waals surface area (Å²) in [7, 11) is 0. The van der Waals surface area contributed by atoms with Crippen LogP contribution < -0.4 is 4.74 Å². The number of rotatable bonds is 7. The molecule has 0 atom stereocenters. The lowest BCUT2D eigenvalue weighted by Crippen LogP contribution is -2.32. The smallest absolute Gasteiger partial charge is 0.119 e. The van der Waals surface area contributed by atoms with E-state index in [0.29, 0.717) is 6.61 Å². The van der Waals surface area contributed by atoms with Crippen molar-refractivity contribution < 1.29 is 4.74 Å². The summed E-state index contributed by atoms with van der Waals surface area (Å²) in [6, 6.07) is 18.8. The predicted octanol–water partition coefficient (Wildman–Crippen LogP) is 5.49. The molecule has 0 saturated carbocycles. The van der Waals surface area contributed by atoms with Crippen LogP contribution in [0.15, 0.2) is 54.6 Å². The summed E-state index contributed by atoms with van der Waals surface area (Å²) in [5.74, 6) is 0.930. The van der Waals surface area contributed by atoms with Crippen molar-refractivity contribution in [1.82, 2.24) is 0 Å². The molecule has 0 amide bonds. The van der Waals surface area contributed by atoms with Gasteiger partial charge in [0.2, 0.25) is 0 Å². The van der Waals surface area contributed by atoms with Gasteiger partial charge in [0.1, 0.15) is 5.75 Å². The highest BCUT2D eigenvalue weighted by Gasteiger charge is 2.30. The zero-order valence-corrected chi connectivity index (χ0v) is 15.4. The van der Waals surface area contributed by atoms with Crippen LogP contribution in [0.5, 0.6) is 5.75 Å². The molecule has 112 valence electrons. The van der Waals surface area contributed by atoms with Crippen molar-refractivity contribution in [2.75, 3.05) is 17.3 Å². The van der Waals surface area contributed by atoms with Gasteiger partial charge in [-0.15, -0.1) is 0 Å². The maximum Gasteiger partial charge on any atom is 0.119 e. The summed E-state index contributed by atoms with van der Waals surface area (Å²) in [6.07, 6.45) is 0.960. The summed E-state index contributed by atoms with van der Waals surface area (Å²) in [6.45, 7) is 2.82. The van der Waals surface area contributed by atoms with Gasteiger partial charge in [-0.2, -0.15) is 0 Å². The summed E-state index contributed by atoms with van der Waals surface area (Å²) < 4.78 is 5.87. The second kappa shape index (κ2) is 8.00. The third kappa shape index (κ3) is 4.33. The first kappa shape index (κ1) is 16.6. The van der Waals surface area contributed by atoms with Crippen molar-refractivity contribution in [2.24, 2.45) is 0 Å². The van der Waals surface area contributed by atoms with Crippen molar-refractivity contribution in [3.8, 4) is 5.75 Å². The van der Waals surface area contributed by atoms with Crippen LogP contribution in [0.2, 0.25) is 0 Å². The van der Waals surface area contributed by atoms with E-state index >= 15 is 0 Å². The predicted molar refractivity (Wildman–Crippen MR) is 97.0 cm³/mol. The van der Waals surface area contributed by atoms with Crippen LogP contribution in [-0.2, 0) is 5.41 Å². The number of aryl methyl sites for hydroxylation is 1. The monoisotopic (exact) mass is 410 g/mol. The number of ether oxygens (including phenoxy) is 1. The van der Waals surface area contributed by atoms with Crippen molar-refractivity contribution in [2.45, 2.75) is 18.8 Å². The van der Waals surface area contributed by atoms with E-state index in [1.165, 1.54) is 11.1 Å². The maximum atomic E-state index is 5.87. The van der Waals surface area contributed by atoms with Gasteiger partial charge in [0.15, 0.2) is 0 Å². The van der Waals surface area contributed by atoms with Gasteiger partial charge in [-0.05, 0) is 31.0 Å². The molecule has 2 aromatic carbocycles. The molecule has 0 aliphatic rings. The first-order chi connectivity index (χ1) is 10.2. The Labute approximate surface area is 144 Å². The Kier molecular flexibility index (Phi) is 6.31. The van der Waals surface area contributed by atoms with Gasteiger partial charge in [0, 0.05) is 16.1 Å². The lowest BCUT2D eigenvalue weighted by molar-refractivity contribution is 0.277. The van der Waals surface area contributed by atoms with Crippen LogP contribution in [0.4, 0.5) is 0 Å². The highest BCUT2D eigenvalue weighted by atomic mass is 79.9. The van der Waals surface area contributed by atoms with Crippen molar-refractivity contribution >= 4 is 31.9 Å². The van der Waals surface area contributed by atoms with E-state index in [9.17, 15) is 0 Å². The molecular weight excluding hydrogens is 392 g/mol. The molecule has 0 radical (unpaired) electrons. The molecule has 0 heterocycles. The van der Waals surface area contributed by atoms with Crippen LogP contribution in [0.25, 0.3) is 0 Å². The Morgan fingerprint density at radius 1 is 0.905 bits per heavy atom. The minimum Gasteiger partial charge on any atom is -0.494 e. The SMILES string of the molecule is Cc1ccc(C(CBr)(CBr)CCOc2ccccc2)cc1. The molecule has 0 spiro atoms. The normalized spacial score (nSPS) is 11.4. The second-order valence-corrected chi connectivity index (χ2v) is 6.45. The molecular formula is C18H20Br2O. The van der Waals surface area contributed by atoms with Crippen LogP contribution >= 0.6 is 31.9 Å². The molecule has 0 unspecified atom stereocenters. The number of halogens is 2. The Morgan fingerprint density at radius 3 is 2.10 bits per heavy atom. The van der Waals surface area contributed by atoms with Gasteiger partial charge in [-0.25, -0.2) is 0 Å². The number of alkyl halides is 2. The summed E-state index contributed by atoms with van der Waals surface area (Å²) in [5, 5.41) is 1.82. The second-order valence-electron chi connectivity index (χ2n) is 5.33. The van der Waals surface area contributed by atoms with E-state index in [1.807, 2.05) is 30.3 Å². The lowest BCUT2D eigenvalue weighted by Gasteiger charge is -2.30. The van der Waals surface area contributed by atoms with Crippen LogP contribution in [0, 0.1) is 6.92 Å². The first-order valence-corrected chi connectivity index (χ1v) is 9.31. The minimum atomic E-state index is 0.0580. The van der Waals surface area contributed by atoms with E-state index in [4.69, 9.17) is 4.74 Å². The topological polar surface area (TPSA) is 9.23 Å². The standard InChI is InChI=1S/C18H20Br2O/c1-15-7-9-16(10-8-15)18(13-19,14-20)11-12-21-17-5-3-2-4-6-17/h2-10H,11-14H2,1H3. The molecule has 0 aliphatic carbocycles. The third-order valence-corrected chi connectivity index (χ3v) is 5.91. The van der Waals surface area contributed by atoms with Gasteiger partial charge in [0.25, 0.3) is 0 Å². The Bertz CT molecular complexity index is 533. The highest BCUT2D eigenvalue weighted by molar-refractivity contribution is 9.09. The van der Waals surface area contributed by atoms with Crippen molar-refractivity contribution in [3.05, 3.63) is 65.7 Å². The largest absolute Gasteiger partial charge is 0.494 e. The molecule has 0 aliphatic heterocycles. The molecule has 0 N–H and O–H groups in total. The minimum absolute atomic E-state index is 0.0580. The Morgan fingerprint density at radius 2 is 1.52 bits per heavy atom. The molecule has 3 heteroatoms. The molecule has 0 saturated heterocycles. The fourth-order valence-corrected chi connectivity index (χ4v) is 4.39. The molecule has 0 bridgehead atoms. The van der Waals surface area contributed by atoms with Crippen LogP contribution in [0.3, 0.4) is 0 Å². The van der Waals surface area contributed by atoms with E-state index in [1.54, 1.807) is 0 Å². The quantitative estimate of drug-likeness (QED) is 0.547. The van der Waals surface area contributed by atoms with Crippen LogP contribution in [-0.4, -0.2) is 17.3 Å². The highest BCUT2D eigenvalue weighted by Crippen LogP contribution is 2.33. The summed E-state index contributed by atoms with van der Waals surface area (Å²) >= 11 is 7.38. The molecule has 2 rings (SSSR count). The summed E-state index contributed by atoms with van der Waals surface area (Å²) in [4.78, 5) is 0. The number of hydrogen-bond donors (Lipinski definition) is 0. The molecule has 21 heavy (non-hydrogen) atoms. The van der Waals surface area contributed by atoms with Crippen molar-refractivity contribution in [1.29, 1.82) is 0 Å². The summed E-state index contributed by atoms with van der Waals surface area (Å²) in [5.41, 5.74) is 2.69. The van der Waals surface area contributed by atoms with Gasteiger partial charge in [-0.1, -0.05) is 79.9 Å². The number of para-hydroxylation sites is 1. The zero-order valence-electron chi connectivity index (χ0n) is 12.2. The maximum absolute atomic E-state index is 5.87. The number of hydrogen-bond acceptors (Lipinski definition) is 1. The van der Waals surface area contributed by atoms with Crippen molar-refractivity contribution in [3.63, 3.8) is 0 Å². The van der Waals surface area contributed by atoms with Gasteiger partial charge in [0.05, 0.1) is 6.61 Å². The van der Waals surface area contributed by atoms with E-state index in [-0.39, 0.29) is 5.41 Å². The van der Waals surface area contributed by atoms with Crippen LogP contribution in [0.1, 0.15) is 17.5 Å². The fraction of sp³-hybridized carbons (Fsp3) is 0.333. The fourth-order valence-electron chi connectivity index (χ4n) is 2.26. The lowest BCUT2D eigenvalue weighted by atomic mass is 9.81. The zero-order chi connectivity index (χ0) is 15.1. The average molecular weight is 412 g/mol.